The van der Waals surface area contributed by atoms with Gasteiger partial charge < -0.3 is 31.1 Å². The molecule has 0 rings (SSSR count). The third-order valence-electron chi connectivity index (χ3n) is 1.62. The van der Waals surface area contributed by atoms with Crippen molar-refractivity contribution in [3.63, 3.8) is 0 Å². The summed E-state index contributed by atoms with van der Waals surface area (Å²) in [5.41, 5.74) is 0.903. The van der Waals surface area contributed by atoms with Crippen molar-refractivity contribution in [1.29, 1.82) is 5.26 Å². The van der Waals surface area contributed by atoms with E-state index in [1.165, 1.54) is 27.7 Å². The number of hydrogen-bond donors (Lipinski definition) is 2. The van der Waals surface area contributed by atoms with Crippen molar-refractivity contribution in [3.05, 3.63) is 10.4 Å². The second kappa shape index (κ2) is 19.7. The Kier molecular flexibility index (Phi) is 26.5. The van der Waals surface area contributed by atoms with Crippen LogP contribution in [0.2, 0.25) is 0 Å². The fourth-order valence-electron chi connectivity index (χ4n) is 0.277. The zero-order valence-corrected chi connectivity index (χ0v) is 13.9. The van der Waals surface area contributed by atoms with Crippen molar-refractivity contribution in [2.24, 2.45) is 20.6 Å². The molecule has 0 aliphatic carbocycles. The van der Waals surface area contributed by atoms with Gasteiger partial charge in [-0.15, -0.1) is 0 Å². The van der Waals surface area contributed by atoms with E-state index in [9.17, 15) is 10.4 Å². The first-order chi connectivity index (χ1) is 8.85. The third-order valence-corrected chi connectivity index (χ3v) is 1.62. The van der Waals surface area contributed by atoms with Crippen LogP contribution in [-0.4, -0.2) is 49.3 Å². The van der Waals surface area contributed by atoms with E-state index in [4.69, 9.17) is 15.7 Å². The molecule has 0 bridgehead atoms. The van der Waals surface area contributed by atoms with Gasteiger partial charge in [-0.2, -0.15) is 0 Å². The van der Waals surface area contributed by atoms with Crippen molar-refractivity contribution >= 4 is 38.9 Å². The van der Waals surface area contributed by atoms with Crippen LogP contribution in [0.3, 0.4) is 0 Å². The predicted octanol–water partition coefficient (Wildman–Crippen LogP) is 1.22. The van der Waals surface area contributed by atoms with Gasteiger partial charge in [-0.25, -0.2) is 0 Å². The molecule has 0 aliphatic rings. The normalized spacial score (nSPS) is 11.8. The smallest absolute Gasteiger partial charge is 0 e. The third kappa shape index (κ3) is 18.8. The number of nitriles is 1. The maximum Gasteiger partial charge on any atom is 0 e. The fraction of sp³-hybridized carbons (Fsp3) is 0.444. The molecular weight excluding hydrogens is 380 g/mol. The van der Waals surface area contributed by atoms with Crippen LogP contribution in [0.4, 0.5) is 0 Å². The molecule has 0 saturated heterocycles. The molecule has 0 aromatic rings. The van der Waals surface area contributed by atoms with E-state index in [1.54, 1.807) is 4.97 Å². The average Bonchev–Trinajstić information content (AvgIpc) is 2.45. The molecule has 20 heavy (non-hydrogen) atoms. The first-order valence-corrected chi connectivity index (χ1v) is 5.44. The minimum atomic E-state index is 0. The monoisotopic (exact) mass is 395 g/mol. The van der Waals surface area contributed by atoms with Crippen molar-refractivity contribution in [3.8, 4) is 4.97 Å². The van der Waals surface area contributed by atoms with Crippen LogP contribution in [0, 0.1) is 20.6 Å². The van der Waals surface area contributed by atoms with E-state index in [-0.39, 0.29) is 39.6 Å². The van der Waals surface area contributed by atoms with Crippen molar-refractivity contribution in [2.75, 3.05) is 0 Å². The Morgan fingerprint density at radius 2 is 1.10 bits per heavy atom. The van der Waals surface area contributed by atoms with Gasteiger partial charge in [0, 0.05) is 16.8 Å². The van der Waals surface area contributed by atoms with Gasteiger partial charge in [0.05, 0.1) is 22.8 Å². The van der Waals surface area contributed by atoms with Crippen LogP contribution < -0.4 is 0 Å². The van der Waals surface area contributed by atoms with Crippen molar-refractivity contribution < 1.29 is 27.2 Å². The molecule has 11 heteroatoms. The Hall–Kier alpha value is -1.60. The molecule has 116 valence electrons. The topological polar surface area (TPSA) is 160 Å². The standard InChI is InChI=1S/2C4H8N2O2.CNSe.Co/c2*1-3(5-7)4(2)6-8;2-1-3;/h2*7-8H,1-2H3;;/p-2. The summed E-state index contributed by atoms with van der Waals surface area (Å²) in [6.45, 7) is 5.94. The summed E-state index contributed by atoms with van der Waals surface area (Å²) in [5.74, 6) is 0. The van der Waals surface area contributed by atoms with Gasteiger partial charge in [-0.05, 0) is 27.7 Å². The van der Waals surface area contributed by atoms with Gasteiger partial charge in [-0.3, -0.25) is 0 Å². The van der Waals surface area contributed by atoms with Gasteiger partial charge in [-0.1, -0.05) is 10.3 Å². The second-order valence-corrected chi connectivity index (χ2v) is 3.20. The molecule has 2 radical (unpaired) electrons. The molecular formula is C9H14CoN5O4Se-2. The zero-order valence-electron chi connectivity index (χ0n) is 11.2. The van der Waals surface area contributed by atoms with Gasteiger partial charge >= 0.3 is 26.2 Å². The number of nitrogens with zero attached hydrogens (tertiary/aromatic N) is 5. The van der Waals surface area contributed by atoms with Crippen LogP contribution in [-0.2, 0) is 16.8 Å². The second-order valence-electron chi connectivity index (χ2n) is 2.82. The quantitative estimate of drug-likeness (QED) is 0.311. The zero-order chi connectivity index (χ0) is 15.8. The molecule has 0 aromatic carbocycles. The minimum absolute atomic E-state index is 0. The molecule has 0 unspecified atom stereocenters. The maximum absolute atomic E-state index is 9.63. The van der Waals surface area contributed by atoms with Crippen LogP contribution in [0.1, 0.15) is 27.7 Å². The summed E-state index contributed by atoms with van der Waals surface area (Å²) in [6, 6.07) is 0. The van der Waals surface area contributed by atoms with Crippen LogP contribution in [0.25, 0.3) is 0 Å². The Bertz CT molecular complexity index is 340. The summed E-state index contributed by atoms with van der Waals surface area (Å²) >= 11 is 2.11. The molecule has 0 fully saturated rings. The predicted molar refractivity (Wildman–Crippen MR) is 74.1 cm³/mol. The Morgan fingerprint density at radius 1 is 0.900 bits per heavy atom. The summed E-state index contributed by atoms with van der Waals surface area (Å²) < 4.78 is 0. The van der Waals surface area contributed by atoms with E-state index >= 15 is 0 Å². The van der Waals surface area contributed by atoms with E-state index < -0.39 is 0 Å². The van der Waals surface area contributed by atoms with E-state index in [1.807, 2.05) is 0 Å². The molecule has 9 nitrogen and oxygen atoms in total. The van der Waals surface area contributed by atoms with Crippen LogP contribution in [0.5, 0.6) is 0 Å². The molecule has 0 heterocycles. The molecule has 0 saturated carbocycles. The average molecular weight is 394 g/mol. The first kappa shape index (κ1) is 26.9. The number of rotatable bonds is 2. The first-order valence-electron chi connectivity index (χ1n) is 4.59. The summed E-state index contributed by atoms with van der Waals surface area (Å²) in [6.07, 6.45) is 0. The molecule has 2 N–H and O–H groups in total. The van der Waals surface area contributed by atoms with Gasteiger partial charge in [0.1, 0.15) is 0 Å². The largest absolute Gasteiger partial charge is 0 e. The van der Waals surface area contributed by atoms with E-state index in [2.05, 4.69) is 36.6 Å². The Labute approximate surface area is 135 Å². The van der Waals surface area contributed by atoms with E-state index in [0.717, 1.165) is 0 Å². The number of hydrogen-bond acceptors (Lipinski definition) is 9. The van der Waals surface area contributed by atoms with Gasteiger partial charge in [0.2, 0.25) is 0 Å². The molecule has 0 atom stereocenters. The minimum Gasteiger partial charge on any atom is 0 e. The number of oxime groups is 2. The SMILES string of the molecule is CC(=N[O-])C(C)=NO.CC(=N[O-])C(C)=NO.N#C[Se].[Co]. The van der Waals surface area contributed by atoms with E-state index in [0.29, 0.717) is 0 Å². The summed E-state index contributed by atoms with van der Waals surface area (Å²) in [5, 5.41) is 53.1. The summed E-state index contributed by atoms with van der Waals surface area (Å²) in [4.78, 5) is 1.62. The van der Waals surface area contributed by atoms with Gasteiger partial charge in [0.15, 0.2) is 0 Å². The molecule has 0 aliphatic heterocycles. The molecule has 0 amide bonds. The Balaban J connectivity index is -0.000000103. The van der Waals surface area contributed by atoms with Crippen LogP contribution >= 0.6 is 0 Å². The van der Waals surface area contributed by atoms with Crippen molar-refractivity contribution in [1.82, 2.24) is 0 Å². The Morgan fingerprint density at radius 3 is 1.15 bits per heavy atom. The van der Waals surface area contributed by atoms with Crippen LogP contribution in [0.15, 0.2) is 20.6 Å². The molecule has 0 spiro atoms. The fourth-order valence-corrected chi connectivity index (χ4v) is 0.277. The maximum atomic E-state index is 9.63. The molecule has 0 aromatic heterocycles. The summed E-state index contributed by atoms with van der Waals surface area (Å²) in [7, 11) is 0. The van der Waals surface area contributed by atoms with Crippen molar-refractivity contribution in [2.45, 2.75) is 27.7 Å². The van der Waals surface area contributed by atoms with Gasteiger partial charge in [0.25, 0.3) is 0 Å².